The molecular weight excluding hydrogens is 316 g/mol. The molecule has 0 fully saturated rings. The maximum atomic E-state index is 10.2. The van der Waals surface area contributed by atoms with Gasteiger partial charge >= 0.3 is 0 Å². The van der Waals surface area contributed by atoms with Crippen LogP contribution < -0.4 is 0 Å². The third kappa shape index (κ3) is 8.71. The number of ether oxygens (including phenoxy) is 6. The number of hydrogen-bond donors (Lipinski definition) is 1. The fourth-order valence-electron chi connectivity index (χ4n) is 2.69. The lowest BCUT2D eigenvalue weighted by atomic mass is 9.77. The van der Waals surface area contributed by atoms with E-state index in [1.807, 2.05) is 20.8 Å². The van der Waals surface area contributed by atoms with Gasteiger partial charge in [-0.05, 0) is 20.8 Å². The van der Waals surface area contributed by atoms with Crippen molar-refractivity contribution in [1.82, 2.24) is 0 Å². The van der Waals surface area contributed by atoms with Crippen molar-refractivity contribution in [3.8, 4) is 0 Å². The summed E-state index contributed by atoms with van der Waals surface area (Å²) in [6.07, 6.45) is 0.149. The van der Waals surface area contributed by atoms with Crippen LogP contribution in [0.5, 0.6) is 0 Å². The molecule has 0 aliphatic heterocycles. The fourth-order valence-corrected chi connectivity index (χ4v) is 2.69. The van der Waals surface area contributed by atoms with E-state index < -0.39 is 24.3 Å². The van der Waals surface area contributed by atoms with Gasteiger partial charge in [0.25, 0.3) is 0 Å². The molecule has 7 heteroatoms. The highest BCUT2D eigenvalue weighted by molar-refractivity contribution is 4.83. The molecule has 0 radical (unpaired) electrons. The topological polar surface area (TPSA) is 75.6 Å². The van der Waals surface area contributed by atoms with E-state index in [9.17, 15) is 5.11 Å². The quantitative estimate of drug-likeness (QED) is 0.427. The van der Waals surface area contributed by atoms with Gasteiger partial charge < -0.3 is 33.5 Å². The number of hydrogen-bond acceptors (Lipinski definition) is 7. The second kappa shape index (κ2) is 13.9. The minimum Gasteiger partial charge on any atom is -0.396 e. The number of aliphatic hydroxyl groups excluding tert-OH is 1. The van der Waals surface area contributed by atoms with E-state index in [0.717, 1.165) is 0 Å². The van der Waals surface area contributed by atoms with Crippen molar-refractivity contribution in [3.63, 3.8) is 0 Å². The predicted octanol–water partition coefficient (Wildman–Crippen LogP) is 2.16. The molecule has 0 bridgehead atoms. The van der Waals surface area contributed by atoms with Crippen molar-refractivity contribution >= 4 is 0 Å². The normalized spacial score (nSPS) is 18.1. The second-order valence-corrected chi connectivity index (χ2v) is 5.63. The predicted molar refractivity (Wildman–Crippen MR) is 90.6 cm³/mol. The van der Waals surface area contributed by atoms with Crippen molar-refractivity contribution in [1.29, 1.82) is 0 Å². The monoisotopic (exact) mass is 352 g/mol. The first kappa shape index (κ1) is 23.7. The average molecular weight is 352 g/mol. The summed E-state index contributed by atoms with van der Waals surface area (Å²) in [4.78, 5) is 0. The summed E-state index contributed by atoms with van der Waals surface area (Å²) in [7, 11) is 4.78. The first-order valence-corrected chi connectivity index (χ1v) is 8.58. The van der Waals surface area contributed by atoms with Crippen molar-refractivity contribution in [2.75, 3.05) is 47.8 Å². The molecule has 0 amide bonds. The van der Waals surface area contributed by atoms with Gasteiger partial charge in [-0.25, -0.2) is 0 Å². The third-order valence-corrected chi connectivity index (χ3v) is 3.98. The lowest BCUT2D eigenvalue weighted by Crippen LogP contribution is -2.40. The van der Waals surface area contributed by atoms with E-state index in [1.54, 1.807) is 21.3 Å². The van der Waals surface area contributed by atoms with Crippen LogP contribution in [-0.4, -0.2) is 71.7 Å². The highest BCUT2D eigenvalue weighted by atomic mass is 16.7. The van der Waals surface area contributed by atoms with Crippen molar-refractivity contribution in [2.45, 2.75) is 58.9 Å². The van der Waals surface area contributed by atoms with E-state index in [0.29, 0.717) is 39.1 Å². The lowest BCUT2D eigenvalue weighted by molar-refractivity contribution is -0.201. The molecule has 0 aromatic heterocycles. The number of methoxy groups -OCH3 is 3. The van der Waals surface area contributed by atoms with E-state index >= 15 is 0 Å². The molecule has 3 atom stereocenters. The number of aliphatic hydroxyl groups is 1. The molecule has 0 aromatic carbocycles. The van der Waals surface area contributed by atoms with Gasteiger partial charge in [0.05, 0.1) is 0 Å². The summed E-state index contributed by atoms with van der Waals surface area (Å²) in [6, 6.07) is 0. The highest BCUT2D eigenvalue weighted by Gasteiger charge is 2.39. The number of rotatable bonds is 16. The standard InChI is InChI=1S/C17H36O7/c1-7-22-14(19-4)10-17(13-18,11-15(20-5)23-8-2)12-16(21-6)24-9-3/h14-16,18H,7-13H2,1-6H3. The van der Waals surface area contributed by atoms with Crippen molar-refractivity contribution < 1.29 is 33.5 Å². The zero-order valence-electron chi connectivity index (χ0n) is 16.1. The average Bonchev–Trinajstić information content (AvgIpc) is 2.60. The largest absolute Gasteiger partial charge is 0.396 e. The van der Waals surface area contributed by atoms with E-state index in [2.05, 4.69) is 0 Å². The summed E-state index contributed by atoms with van der Waals surface area (Å²) < 4.78 is 33.0. The zero-order chi connectivity index (χ0) is 18.4. The molecule has 24 heavy (non-hydrogen) atoms. The molecule has 0 spiro atoms. The molecule has 0 aromatic rings. The van der Waals surface area contributed by atoms with Crippen molar-refractivity contribution in [2.24, 2.45) is 5.41 Å². The smallest absolute Gasteiger partial charge is 0.157 e. The van der Waals surface area contributed by atoms with Gasteiger partial charge in [0.2, 0.25) is 0 Å². The van der Waals surface area contributed by atoms with Gasteiger partial charge in [-0.2, -0.15) is 0 Å². The van der Waals surface area contributed by atoms with Crippen molar-refractivity contribution in [3.05, 3.63) is 0 Å². The Morgan fingerprint density at radius 1 is 0.667 bits per heavy atom. The summed E-state index contributed by atoms with van der Waals surface area (Å²) in [6.45, 7) is 7.21. The molecule has 0 aliphatic carbocycles. The first-order valence-electron chi connectivity index (χ1n) is 8.58. The van der Waals surface area contributed by atoms with Crippen LogP contribution in [0.2, 0.25) is 0 Å². The molecular formula is C17H36O7. The molecule has 0 saturated heterocycles. The molecule has 1 N–H and O–H groups in total. The Morgan fingerprint density at radius 3 is 1.12 bits per heavy atom. The molecule has 0 heterocycles. The Balaban J connectivity index is 5.30. The Labute approximate surface area is 146 Å². The molecule has 0 aliphatic rings. The van der Waals surface area contributed by atoms with Gasteiger partial charge in [0, 0.05) is 72.4 Å². The first-order chi connectivity index (χ1) is 11.5. The lowest BCUT2D eigenvalue weighted by Gasteiger charge is -2.38. The third-order valence-electron chi connectivity index (χ3n) is 3.98. The summed E-state index contributed by atoms with van der Waals surface area (Å²) in [5, 5.41) is 10.2. The SMILES string of the molecule is CCOC(CC(CO)(CC(OC)OCC)CC(OC)OCC)OC. The van der Waals surface area contributed by atoms with Gasteiger partial charge in [0.1, 0.15) is 0 Å². The van der Waals surface area contributed by atoms with Gasteiger partial charge in [-0.1, -0.05) is 0 Å². The van der Waals surface area contributed by atoms with E-state index in [4.69, 9.17) is 28.4 Å². The van der Waals surface area contributed by atoms with Crippen LogP contribution in [-0.2, 0) is 28.4 Å². The Hall–Kier alpha value is -0.280. The zero-order valence-corrected chi connectivity index (χ0v) is 16.1. The minimum absolute atomic E-state index is 0.0835. The fraction of sp³-hybridized carbons (Fsp3) is 1.00. The Morgan fingerprint density at radius 2 is 0.958 bits per heavy atom. The van der Waals surface area contributed by atoms with Crippen LogP contribution in [0, 0.1) is 5.41 Å². The Bertz CT molecular complexity index is 247. The summed E-state index contributed by atoms with van der Waals surface area (Å²) in [5.74, 6) is 0. The van der Waals surface area contributed by atoms with Crippen LogP contribution in [0.3, 0.4) is 0 Å². The van der Waals surface area contributed by atoms with Crippen LogP contribution in [0.15, 0.2) is 0 Å². The van der Waals surface area contributed by atoms with E-state index in [1.165, 1.54) is 0 Å². The summed E-state index contributed by atoms with van der Waals surface area (Å²) in [5.41, 5.74) is -0.582. The van der Waals surface area contributed by atoms with Crippen LogP contribution in [0.25, 0.3) is 0 Å². The van der Waals surface area contributed by atoms with Gasteiger partial charge in [-0.15, -0.1) is 0 Å². The molecule has 3 unspecified atom stereocenters. The summed E-state index contributed by atoms with van der Waals surface area (Å²) >= 11 is 0. The second-order valence-electron chi connectivity index (χ2n) is 5.63. The maximum Gasteiger partial charge on any atom is 0.157 e. The van der Waals surface area contributed by atoms with Gasteiger partial charge in [0.15, 0.2) is 18.9 Å². The molecule has 7 nitrogen and oxygen atoms in total. The van der Waals surface area contributed by atoms with Crippen LogP contribution >= 0.6 is 0 Å². The van der Waals surface area contributed by atoms with E-state index in [-0.39, 0.29) is 6.61 Å². The van der Waals surface area contributed by atoms with Crippen LogP contribution in [0.4, 0.5) is 0 Å². The van der Waals surface area contributed by atoms with Crippen LogP contribution in [0.1, 0.15) is 40.0 Å². The molecule has 0 saturated carbocycles. The van der Waals surface area contributed by atoms with Gasteiger partial charge in [-0.3, -0.25) is 0 Å². The molecule has 0 rings (SSSR count). The molecule has 146 valence electrons. The Kier molecular flexibility index (Phi) is 13.8. The highest BCUT2D eigenvalue weighted by Crippen LogP contribution is 2.37. The maximum absolute atomic E-state index is 10.2. The minimum atomic E-state index is -0.582.